The molecule has 0 aliphatic heterocycles. The molecule has 0 unspecified atom stereocenters. The van der Waals surface area contributed by atoms with Crippen molar-refractivity contribution >= 4 is 23.2 Å². The lowest BCUT2D eigenvalue weighted by Crippen LogP contribution is -1.90. The molecule has 0 fully saturated rings. The fourth-order valence-corrected chi connectivity index (χ4v) is 2.15. The van der Waals surface area contributed by atoms with Crippen LogP contribution >= 0.6 is 23.2 Å². The molecule has 0 N–H and O–H groups in total. The number of benzene rings is 2. The zero-order valence-electron chi connectivity index (χ0n) is 10.3. The third-order valence-electron chi connectivity index (χ3n) is 2.84. The van der Waals surface area contributed by atoms with Crippen molar-refractivity contribution in [3.63, 3.8) is 0 Å². The van der Waals surface area contributed by atoms with E-state index in [1.54, 1.807) is 0 Å². The summed E-state index contributed by atoms with van der Waals surface area (Å²) in [7, 11) is 0. The second-order valence-corrected chi connectivity index (χ2v) is 4.94. The first-order valence-corrected chi connectivity index (χ1v) is 6.61. The maximum atomic E-state index is 5.96. The van der Waals surface area contributed by atoms with Gasteiger partial charge in [-0.2, -0.15) is 0 Å². The van der Waals surface area contributed by atoms with Crippen molar-refractivity contribution < 1.29 is 4.74 Å². The summed E-state index contributed by atoms with van der Waals surface area (Å²) >= 11 is 11.8. The lowest BCUT2D eigenvalue weighted by atomic mass is 10.1. The molecule has 2 rings (SSSR count). The Morgan fingerprint density at radius 1 is 1.00 bits per heavy atom. The summed E-state index contributed by atoms with van der Waals surface area (Å²) in [6.07, 6.45) is 0. The van der Waals surface area contributed by atoms with E-state index in [4.69, 9.17) is 27.9 Å². The van der Waals surface area contributed by atoms with Crippen LogP contribution in [0.3, 0.4) is 0 Å². The molecule has 0 bridgehead atoms. The number of aryl methyl sites for hydroxylation is 2. The standard InChI is InChI=1S/C15H14Cl2O/c1-10-3-5-13(17)8-15(10)18-14-6-4-12(9-16)11(2)7-14/h3-8H,9H2,1-2H3. The van der Waals surface area contributed by atoms with Gasteiger partial charge in [0.25, 0.3) is 0 Å². The van der Waals surface area contributed by atoms with E-state index in [-0.39, 0.29) is 0 Å². The number of halogens is 2. The van der Waals surface area contributed by atoms with Crippen LogP contribution in [0.4, 0.5) is 0 Å². The van der Waals surface area contributed by atoms with Crippen molar-refractivity contribution in [2.75, 3.05) is 0 Å². The van der Waals surface area contributed by atoms with Crippen LogP contribution in [-0.2, 0) is 5.88 Å². The summed E-state index contributed by atoms with van der Waals surface area (Å²) in [6, 6.07) is 11.5. The molecule has 0 aliphatic carbocycles. The van der Waals surface area contributed by atoms with Crippen molar-refractivity contribution in [2.24, 2.45) is 0 Å². The summed E-state index contributed by atoms with van der Waals surface area (Å²) in [5.74, 6) is 2.09. The number of ether oxygens (including phenoxy) is 1. The van der Waals surface area contributed by atoms with Gasteiger partial charge in [-0.3, -0.25) is 0 Å². The fourth-order valence-electron chi connectivity index (χ4n) is 1.69. The van der Waals surface area contributed by atoms with Crippen LogP contribution in [0.25, 0.3) is 0 Å². The maximum Gasteiger partial charge on any atom is 0.131 e. The molecule has 0 spiro atoms. The van der Waals surface area contributed by atoms with Crippen LogP contribution in [0.1, 0.15) is 16.7 Å². The first-order valence-electron chi connectivity index (χ1n) is 5.69. The van der Waals surface area contributed by atoms with Crippen LogP contribution < -0.4 is 4.74 Å². The first-order chi connectivity index (χ1) is 8.60. The monoisotopic (exact) mass is 280 g/mol. The largest absolute Gasteiger partial charge is 0.457 e. The van der Waals surface area contributed by atoms with Crippen LogP contribution in [0.2, 0.25) is 5.02 Å². The van der Waals surface area contributed by atoms with Gasteiger partial charge in [-0.25, -0.2) is 0 Å². The second-order valence-electron chi connectivity index (χ2n) is 4.23. The Labute approximate surface area is 117 Å². The van der Waals surface area contributed by atoms with Crippen molar-refractivity contribution in [1.82, 2.24) is 0 Å². The number of hydrogen-bond acceptors (Lipinski definition) is 1. The molecular formula is C15H14Cl2O. The Morgan fingerprint density at radius 2 is 1.78 bits per heavy atom. The molecule has 0 heterocycles. The zero-order chi connectivity index (χ0) is 13.1. The molecule has 3 heteroatoms. The molecule has 0 amide bonds. The second kappa shape index (κ2) is 5.64. The number of rotatable bonds is 3. The number of hydrogen-bond donors (Lipinski definition) is 0. The molecule has 0 saturated heterocycles. The SMILES string of the molecule is Cc1cc(Oc2cc(Cl)ccc2C)ccc1CCl. The maximum absolute atomic E-state index is 5.96. The van der Waals surface area contributed by atoms with Crippen LogP contribution in [0, 0.1) is 13.8 Å². The lowest BCUT2D eigenvalue weighted by molar-refractivity contribution is 0.478. The van der Waals surface area contributed by atoms with E-state index in [2.05, 4.69) is 0 Å². The normalized spacial score (nSPS) is 10.4. The predicted octanol–water partition coefficient (Wildman–Crippen LogP) is 5.49. The molecule has 94 valence electrons. The minimum Gasteiger partial charge on any atom is -0.457 e. The summed E-state index contributed by atoms with van der Waals surface area (Å²) in [6.45, 7) is 4.01. The fraction of sp³-hybridized carbons (Fsp3) is 0.200. The number of alkyl halides is 1. The molecule has 0 atom stereocenters. The molecule has 18 heavy (non-hydrogen) atoms. The first kappa shape index (κ1) is 13.3. The van der Waals surface area contributed by atoms with E-state index >= 15 is 0 Å². The van der Waals surface area contributed by atoms with Gasteiger partial charge in [-0.05, 0) is 54.8 Å². The Kier molecular flexibility index (Phi) is 4.15. The van der Waals surface area contributed by atoms with Crippen molar-refractivity contribution in [2.45, 2.75) is 19.7 Å². The van der Waals surface area contributed by atoms with E-state index < -0.39 is 0 Å². The van der Waals surface area contributed by atoms with Gasteiger partial charge in [-0.15, -0.1) is 11.6 Å². The average molecular weight is 281 g/mol. The minimum absolute atomic E-state index is 0.516. The molecular weight excluding hydrogens is 267 g/mol. The van der Waals surface area contributed by atoms with E-state index in [1.165, 1.54) is 0 Å². The highest BCUT2D eigenvalue weighted by Crippen LogP contribution is 2.29. The van der Waals surface area contributed by atoms with Crippen LogP contribution in [0.15, 0.2) is 36.4 Å². The molecule has 1 nitrogen and oxygen atoms in total. The van der Waals surface area contributed by atoms with Gasteiger partial charge in [0.15, 0.2) is 0 Å². The van der Waals surface area contributed by atoms with Gasteiger partial charge < -0.3 is 4.74 Å². The Morgan fingerprint density at radius 3 is 2.44 bits per heavy atom. The topological polar surface area (TPSA) is 9.23 Å². The third-order valence-corrected chi connectivity index (χ3v) is 3.36. The van der Waals surface area contributed by atoms with Gasteiger partial charge >= 0.3 is 0 Å². The van der Waals surface area contributed by atoms with Gasteiger partial charge in [-0.1, -0.05) is 23.7 Å². The summed E-state index contributed by atoms with van der Waals surface area (Å²) in [4.78, 5) is 0. The molecule has 2 aromatic rings. The smallest absolute Gasteiger partial charge is 0.131 e. The van der Waals surface area contributed by atoms with Gasteiger partial charge in [0.1, 0.15) is 11.5 Å². The highest BCUT2D eigenvalue weighted by Gasteiger charge is 2.04. The van der Waals surface area contributed by atoms with Gasteiger partial charge in [0.05, 0.1) is 0 Å². The Balaban J connectivity index is 2.28. The summed E-state index contributed by atoms with van der Waals surface area (Å²) in [5.41, 5.74) is 3.30. The Hall–Kier alpha value is -1.18. The van der Waals surface area contributed by atoms with E-state index in [0.29, 0.717) is 10.9 Å². The van der Waals surface area contributed by atoms with Crippen LogP contribution in [0.5, 0.6) is 11.5 Å². The molecule has 0 saturated carbocycles. The van der Waals surface area contributed by atoms with Crippen molar-refractivity contribution in [3.05, 3.63) is 58.1 Å². The molecule has 0 aromatic heterocycles. The summed E-state index contributed by atoms with van der Waals surface area (Å²) < 4.78 is 5.84. The van der Waals surface area contributed by atoms with E-state index in [0.717, 1.165) is 28.2 Å². The highest BCUT2D eigenvalue weighted by atomic mass is 35.5. The van der Waals surface area contributed by atoms with Crippen LogP contribution in [-0.4, -0.2) is 0 Å². The minimum atomic E-state index is 0.516. The molecule has 0 aliphatic rings. The zero-order valence-corrected chi connectivity index (χ0v) is 11.8. The third kappa shape index (κ3) is 2.98. The average Bonchev–Trinajstić information content (AvgIpc) is 2.34. The van der Waals surface area contributed by atoms with Gasteiger partial charge in [0.2, 0.25) is 0 Å². The van der Waals surface area contributed by atoms with Crippen molar-refractivity contribution in [3.8, 4) is 11.5 Å². The van der Waals surface area contributed by atoms with Crippen molar-refractivity contribution in [1.29, 1.82) is 0 Å². The Bertz CT molecular complexity index is 564. The highest BCUT2D eigenvalue weighted by molar-refractivity contribution is 6.30. The van der Waals surface area contributed by atoms with E-state index in [1.807, 2.05) is 50.2 Å². The van der Waals surface area contributed by atoms with E-state index in [9.17, 15) is 0 Å². The quantitative estimate of drug-likeness (QED) is 0.676. The van der Waals surface area contributed by atoms with Gasteiger partial charge in [0, 0.05) is 10.9 Å². The molecule has 2 aromatic carbocycles. The lowest BCUT2D eigenvalue weighted by Gasteiger charge is -2.11. The summed E-state index contributed by atoms with van der Waals surface area (Å²) in [5, 5.41) is 0.671. The predicted molar refractivity (Wildman–Crippen MR) is 77.0 cm³/mol. The molecule has 0 radical (unpaired) electrons.